The van der Waals surface area contributed by atoms with Gasteiger partial charge in [0.1, 0.15) is 9.84 Å². The van der Waals surface area contributed by atoms with Crippen molar-refractivity contribution in [3.05, 3.63) is 0 Å². The van der Waals surface area contributed by atoms with Gasteiger partial charge in [-0.2, -0.15) is 0 Å². The molecule has 0 amide bonds. The first-order valence-electron chi connectivity index (χ1n) is 7.60. The highest BCUT2D eigenvalue weighted by molar-refractivity contribution is 7.91. The molecule has 1 atom stereocenters. The minimum Gasteiger partial charge on any atom is -0.390 e. The molecule has 20 heavy (non-hydrogen) atoms. The summed E-state index contributed by atoms with van der Waals surface area (Å²) < 4.78 is 28.6. The van der Waals surface area contributed by atoms with E-state index >= 15 is 0 Å². The first-order valence-corrected chi connectivity index (χ1v) is 9.42. The molecule has 1 aliphatic carbocycles. The van der Waals surface area contributed by atoms with E-state index in [2.05, 4.69) is 13.8 Å². The number of aliphatic hydroxyl groups excluding tert-OH is 1. The summed E-state index contributed by atoms with van der Waals surface area (Å²) in [4.78, 5) is 0. The first-order chi connectivity index (χ1) is 9.16. The fourth-order valence-electron chi connectivity index (χ4n) is 2.93. The van der Waals surface area contributed by atoms with Crippen molar-refractivity contribution in [2.24, 2.45) is 5.41 Å². The molecule has 0 radical (unpaired) electrons. The molecule has 0 aromatic heterocycles. The molecule has 0 bridgehead atoms. The van der Waals surface area contributed by atoms with E-state index in [4.69, 9.17) is 4.74 Å². The molecule has 1 unspecified atom stereocenters. The second-order valence-corrected chi connectivity index (χ2v) is 9.30. The van der Waals surface area contributed by atoms with Crippen molar-refractivity contribution >= 4 is 9.84 Å². The van der Waals surface area contributed by atoms with Gasteiger partial charge in [0.15, 0.2) is 0 Å². The average Bonchev–Trinajstić information content (AvgIpc) is 2.39. The summed E-state index contributed by atoms with van der Waals surface area (Å²) in [6, 6.07) is 0. The maximum Gasteiger partial charge on any atom is 0.150 e. The quantitative estimate of drug-likeness (QED) is 0.785. The normalized spacial score (nSPS) is 23.4. The molecule has 1 N–H and O–H groups in total. The van der Waals surface area contributed by atoms with Gasteiger partial charge in [0.25, 0.3) is 0 Å². The number of hydrogen-bond donors (Lipinski definition) is 1. The van der Waals surface area contributed by atoms with E-state index in [1.54, 1.807) is 14.0 Å². The molecular formula is C15H30O4S. The van der Waals surface area contributed by atoms with Gasteiger partial charge < -0.3 is 9.84 Å². The Morgan fingerprint density at radius 1 is 1.20 bits per heavy atom. The Hall–Kier alpha value is -0.130. The van der Waals surface area contributed by atoms with Gasteiger partial charge in [-0.3, -0.25) is 0 Å². The summed E-state index contributed by atoms with van der Waals surface area (Å²) in [5.74, 6) is 0.332. The lowest BCUT2D eigenvalue weighted by molar-refractivity contribution is -0.138. The lowest BCUT2D eigenvalue weighted by Gasteiger charge is -2.45. The van der Waals surface area contributed by atoms with E-state index in [0.717, 1.165) is 25.7 Å². The average molecular weight is 306 g/mol. The van der Waals surface area contributed by atoms with Crippen LogP contribution in [0.5, 0.6) is 0 Å². The van der Waals surface area contributed by atoms with Crippen LogP contribution in [-0.2, 0) is 14.6 Å². The summed E-state index contributed by atoms with van der Waals surface area (Å²) in [5, 5.41) is 10.4. The van der Waals surface area contributed by atoms with Crippen LogP contribution in [0.15, 0.2) is 0 Å². The predicted molar refractivity (Wildman–Crippen MR) is 81.6 cm³/mol. The number of methoxy groups -OCH3 is 1. The molecule has 1 aliphatic rings. The third-order valence-electron chi connectivity index (χ3n) is 4.84. The summed E-state index contributed by atoms with van der Waals surface area (Å²) >= 11 is 0. The molecular weight excluding hydrogens is 276 g/mol. The van der Waals surface area contributed by atoms with Gasteiger partial charge in [0, 0.05) is 12.9 Å². The Labute approximate surface area is 123 Å². The van der Waals surface area contributed by atoms with Crippen LogP contribution in [0.3, 0.4) is 0 Å². The van der Waals surface area contributed by atoms with Crippen LogP contribution in [0.4, 0.5) is 0 Å². The summed E-state index contributed by atoms with van der Waals surface area (Å²) in [6.07, 6.45) is 4.18. The van der Waals surface area contributed by atoms with Crippen LogP contribution in [-0.4, -0.2) is 43.8 Å². The molecule has 1 rings (SSSR count). The van der Waals surface area contributed by atoms with Gasteiger partial charge in [0.05, 0.1) is 17.5 Å². The predicted octanol–water partition coefficient (Wildman–Crippen LogP) is 2.55. The third kappa shape index (κ3) is 4.71. The highest BCUT2D eigenvalue weighted by atomic mass is 32.2. The number of aliphatic hydroxyl groups is 1. The van der Waals surface area contributed by atoms with Crippen LogP contribution in [0.1, 0.15) is 59.3 Å². The Morgan fingerprint density at radius 2 is 1.75 bits per heavy atom. The van der Waals surface area contributed by atoms with Crippen LogP contribution in [0.25, 0.3) is 0 Å². The molecule has 5 heteroatoms. The number of sulfone groups is 1. The SMILES string of the molecule is CCS(=O)(=O)CCCC(O)C1(OC)CCC(C)(C)CC1. The zero-order valence-corrected chi connectivity index (χ0v) is 14.1. The molecule has 0 aromatic rings. The van der Waals surface area contributed by atoms with Crippen molar-refractivity contribution in [2.45, 2.75) is 71.0 Å². The van der Waals surface area contributed by atoms with Crippen LogP contribution in [0.2, 0.25) is 0 Å². The van der Waals surface area contributed by atoms with Gasteiger partial charge in [-0.05, 0) is 43.9 Å². The van der Waals surface area contributed by atoms with Crippen molar-refractivity contribution in [1.29, 1.82) is 0 Å². The molecule has 120 valence electrons. The molecule has 1 saturated carbocycles. The largest absolute Gasteiger partial charge is 0.390 e. The lowest BCUT2D eigenvalue weighted by Crippen LogP contribution is -2.48. The highest BCUT2D eigenvalue weighted by Gasteiger charge is 2.43. The highest BCUT2D eigenvalue weighted by Crippen LogP contribution is 2.44. The van der Waals surface area contributed by atoms with E-state index < -0.39 is 21.5 Å². The van der Waals surface area contributed by atoms with Crippen LogP contribution in [0, 0.1) is 5.41 Å². The fourth-order valence-corrected chi connectivity index (χ4v) is 3.82. The third-order valence-corrected chi connectivity index (χ3v) is 6.63. The molecule has 4 nitrogen and oxygen atoms in total. The topological polar surface area (TPSA) is 63.6 Å². The number of ether oxygens (including phenoxy) is 1. The maximum absolute atomic E-state index is 11.5. The maximum atomic E-state index is 11.5. The van der Waals surface area contributed by atoms with Crippen molar-refractivity contribution in [1.82, 2.24) is 0 Å². The lowest BCUT2D eigenvalue weighted by atomic mass is 9.68. The van der Waals surface area contributed by atoms with Crippen molar-refractivity contribution in [3.8, 4) is 0 Å². The van der Waals surface area contributed by atoms with E-state index in [-0.39, 0.29) is 11.5 Å². The zero-order chi connectivity index (χ0) is 15.4. The minimum absolute atomic E-state index is 0.159. The van der Waals surface area contributed by atoms with Gasteiger partial charge in [-0.1, -0.05) is 20.8 Å². The number of hydrogen-bond acceptors (Lipinski definition) is 4. The minimum atomic E-state index is -2.94. The molecule has 0 aliphatic heterocycles. The molecule has 0 saturated heterocycles. The van der Waals surface area contributed by atoms with Crippen molar-refractivity contribution in [3.63, 3.8) is 0 Å². The van der Waals surface area contributed by atoms with Gasteiger partial charge >= 0.3 is 0 Å². The summed E-state index contributed by atoms with van der Waals surface area (Å²) in [5.41, 5.74) is -0.168. The summed E-state index contributed by atoms with van der Waals surface area (Å²) in [6.45, 7) is 6.14. The molecule has 0 spiro atoms. The van der Waals surface area contributed by atoms with E-state index in [1.807, 2.05) is 0 Å². The Bertz CT molecular complexity index is 390. The fraction of sp³-hybridized carbons (Fsp3) is 1.00. The van der Waals surface area contributed by atoms with Gasteiger partial charge in [0.2, 0.25) is 0 Å². The molecule has 1 fully saturated rings. The summed E-state index contributed by atoms with van der Waals surface area (Å²) in [7, 11) is -1.29. The standard InChI is InChI=1S/C15H30O4S/c1-5-20(17,18)12-6-7-13(16)15(19-4)10-8-14(2,3)9-11-15/h13,16H,5-12H2,1-4H3. The van der Waals surface area contributed by atoms with E-state index in [1.165, 1.54) is 0 Å². The molecule has 0 heterocycles. The second kappa shape index (κ2) is 6.75. The van der Waals surface area contributed by atoms with Crippen molar-refractivity contribution < 1.29 is 18.3 Å². The Kier molecular flexibility index (Phi) is 6.05. The molecule has 0 aromatic carbocycles. The second-order valence-electron chi connectivity index (χ2n) is 6.83. The van der Waals surface area contributed by atoms with Gasteiger partial charge in [-0.25, -0.2) is 8.42 Å². The van der Waals surface area contributed by atoms with Crippen molar-refractivity contribution in [2.75, 3.05) is 18.6 Å². The first kappa shape index (κ1) is 17.9. The van der Waals surface area contributed by atoms with Crippen LogP contribution >= 0.6 is 0 Å². The Morgan fingerprint density at radius 3 is 2.20 bits per heavy atom. The smallest absolute Gasteiger partial charge is 0.150 e. The van der Waals surface area contributed by atoms with E-state index in [9.17, 15) is 13.5 Å². The monoisotopic (exact) mass is 306 g/mol. The zero-order valence-electron chi connectivity index (χ0n) is 13.3. The van der Waals surface area contributed by atoms with Gasteiger partial charge in [-0.15, -0.1) is 0 Å². The van der Waals surface area contributed by atoms with E-state index in [0.29, 0.717) is 18.3 Å². The number of rotatable bonds is 7. The Balaban J connectivity index is 2.54. The van der Waals surface area contributed by atoms with Crippen LogP contribution < -0.4 is 0 Å².